The maximum atomic E-state index is 13.0. The number of aryl methyl sites for hydroxylation is 2. The topological polar surface area (TPSA) is 63.1 Å². The van der Waals surface area contributed by atoms with Crippen molar-refractivity contribution in [3.05, 3.63) is 71.8 Å². The Bertz CT molecular complexity index is 1220. The molecule has 6 nitrogen and oxygen atoms in total. The number of benzene rings is 2. The van der Waals surface area contributed by atoms with Crippen molar-refractivity contribution in [1.29, 1.82) is 0 Å². The third-order valence-electron chi connectivity index (χ3n) is 5.42. The normalized spacial score (nSPS) is 13.8. The van der Waals surface area contributed by atoms with E-state index >= 15 is 0 Å². The minimum atomic E-state index is 0.0220. The number of fused-ring (bicyclic) bond motifs is 2. The van der Waals surface area contributed by atoms with Crippen LogP contribution in [0.1, 0.15) is 21.9 Å². The second kappa shape index (κ2) is 6.81. The van der Waals surface area contributed by atoms with Crippen molar-refractivity contribution in [3.63, 3.8) is 0 Å². The Labute approximate surface area is 168 Å². The number of hydrogen-bond acceptors (Lipinski definition) is 3. The number of nitrogens with zero attached hydrogens (tertiary/aromatic N) is 3. The van der Waals surface area contributed by atoms with Gasteiger partial charge in [-0.3, -0.25) is 4.79 Å². The van der Waals surface area contributed by atoms with Crippen LogP contribution < -0.4 is 4.74 Å². The molecule has 1 aliphatic rings. The first kappa shape index (κ1) is 17.6. The van der Waals surface area contributed by atoms with E-state index in [1.807, 2.05) is 53.9 Å². The lowest BCUT2D eigenvalue weighted by Gasteiger charge is -2.20. The zero-order valence-electron chi connectivity index (χ0n) is 16.5. The molecule has 4 aromatic rings. The molecule has 0 fully saturated rings. The van der Waals surface area contributed by atoms with Gasteiger partial charge in [-0.25, -0.2) is 4.98 Å². The molecule has 1 N–H and O–H groups in total. The third-order valence-corrected chi connectivity index (χ3v) is 5.42. The standard InChI is InChI=1S/C23H22N4O2/c1-15-24-19-7-5-17(13-20(19)25-15)16-6-8-22-18(12-16)14-27(10-11-29-22)23(28)21-4-3-9-26(21)2/h3-9,12-13H,10-11,14H2,1-2H3,(H,24,25). The summed E-state index contributed by atoms with van der Waals surface area (Å²) in [6, 6.07) is 16.2. The number of hydrogen-bond donors (Lipinski definition) is 1. The van der Waals surface area contributed by atoms with Crippen molar-refractivity contribution in [3.8, 4) is 16.9 Å². The van der Waals surface area contributed by atoms with Crippen LogP contribution in [-0.2, 0) is 13.6 Å². The van der Waals surface area contributed by atoms with Crippen molar-refractivity contribution in [2.24, 2.45) is 7.05 Å². The number of carbonyl (C=O) groups is 1. The third kappa shape index (κ3) is 3.16. The minimum absolute atomic E-state index is 0.0220. The number of imidazole rings is 1. The first-order chi connectivity index (χ1) is 14.1. The largest absolute Gasteiger partial charge is 0.491 e. The smallest absolute Gasteiger partial charge is 0.270 e. The molecular formula is C23H22N4O2. The highest BCUT2D eigenvalue weighted by atomic mass is 16.5. The van der Waals surface area contributed by atoms with E-state index in [9.17, 15) is 4.79 Å². The molecule has 0 bridgehead atoms. The molecule has 1 amide bonds. The van der Waals surface area contributed by atoms with Gasteiger partial charge in [-0.1, -0.05) is 12.1 Å². The van der Waals surface area contributed by atoms with Gasteiger partial charge in [0.1, 0.15) is 23.9 Å². The van der Waals surface area contributed by atoms with Crippen LogP contribution in [0.2, 0.25) is 0 Å². The molecule has 29 heavy (non-hydrogen) atoms. The van der Waals surface area contributed by atoms with Gasteiger partial charge < -0.3 is 19.2 Å². The Morgan fingerprint density at radius 3 is 2.79 bits per heavy atom. The van der Waals surface area contributed by atoms with Crippen LogP contribution in [0.4, 0.5) is 0 Å². The van der Waals surface area contributed by atoms with E-state index in [2.05, 4.69) is 34.2 Å². The van der Waals surface area contributed by atoms with Gasteiger partial charge in [-0.05, 0) is 54.4 Å². The maximum absolute atomic E-state index is 13.0. The summed E-state index contributed by atoms with van der Waals surface area (Å²) in [5, 5.41) is 0. The Morgan fingerprint density at radius 1 is 1.14 bits per heavy atom. The van der Waals surface area contributed by atoms with Gasteiger partial charge in [0.15, 0.2) is 0 Å². The minimum Gasteiger partial charge on any atom is -0.491 e. The number of amides is 1. The summed E-state index contributed by atoms with van der Waals surface area (Å²) < 4.78 is 7.78. The fourth-order valence-electron chi connectivity index (χ4n) is 3.91. The van der Waals surface area contributed by atoms with Crippen molar-refractivity contribution in [2.45, 2.75) is 13.5 Å². The second-order valence-corrected chi connectivity index (χ2v) is 7.46. The summed E-state index contributed by atoms with van der Waals surface area (Å²) in [7, 11) is 1.89. The first-order valence-electron chi connectivity index (χ1n) is 9.71. The van der Waals surface area contributed by atoms with E-state index in [1.54, 1.807) is 0 Å². The molecule has 1 aliphatic heterocycles. The maximum Gasteiger partial charge on any atom is 0.270 e. The highest BCUT2D eigenvalue weighted by Gasteiger charge is 2.23. The van der Waals surface area contributed by atoms with E-state index in [4.69, 9.17) is 4.74 Å². The van der Waals surface area contributed by atoms with Gasteiger partial charge in [0.05, 0.1) is 17.6 Å². The number of carbonyl (C=O) groups excluding carboxylic acids is 1. The quantitative estimate of drug-likeness (QED) is 0.568. The summed E-state index contributed by atoms with van der Waals surface area (Å²) in [4.78, 5) is 22.6. The van der Waals surface area contributed by atoms with Gasteiger partial charge in [-0.15, -0.1) is 0 Å². The van der Waals surface area contributed by atoms with Crippen LogP contribution in [0.25, 0.3) is 22.2 Å². The molecule has 6 heteroatoms. The Kier molecular flexibility index (Phi) is 4.12. The lowest BCUT2D eigenvalue weighted by molar-refractivity contribution is 0.0723. The second-order valence-electron chi connectivity index (χ2n) is 7.46. The Hall–Kier alpha value is -3.54. The summed E-state index contributed by atoms with van der Waals surface area (Å²) in [6.45, 7) is 3.53. The molecule has 0 spiro atoms. The van der Waals surface area contributed by atoms with Crippen LogP contribution in [0.3, 0.4) is 0 Å². The number of H-pyrrole nitrogens is 1. The van der Waals surface area contributed by atoms with Gasteiger partial charge in [0, 0.05) is 25.4 Å². The first-order valence-corrected chi connectivity index (χ1v) is 9.71. The lowest BCUT2D eigenvalue weighted by atomic mass is 10.0. The number of nitrogens with one attached hydrogen (secondary N) is 1. The van der Waals surface area contributed by atoms with Crippen molar-refractivity contribution in [1.82, 2.24) is 19.4 Å². The molecule has 0 radical (unpaired) electrons. The molecule has 0 saturated heterocycles. The van der Waals surface area contributed by atoms with Crippen LogP contribution >= 0.6 is 0 Å². The summed E-state index contributed by atoms with van der Waals surface area (Å²) in [5.41, 5.74) is 5.88. The molecule has 2 aromatic carbocycles. The number of ether oxygens (including phenoxy) is 1. The van der Waals surface area contributed by atoms with E-state index in [0.717, 1.165) is 39.3 Å². The molecule has 146 valence electrons. The molecule has 3 heterocycles. The Balaban J connectivity index is 1.48. The molecular weight excluding hydrogens is 364 g/mol. The van der Waals surface area contributed by atoms with Gasteiger partial charge in [0.25, 0.3) is 5.91 Å². The molecule has 0 unspecified atom stereocenters. The Morgan fingerprint density at radius 2 is 1.97 bits per heavy atom. The predicted octanol–water partition coefficient (Wildman–Crippen LogP) is 3.91. The van der Waals surface area contributed by atoms with E-state index in [0.29, 0.717) is 25.4 Å². The average Bonchev–Trinajstić information content (AvgIpc) is 3.23. The highest BCUT2D eigenvalue weighted by molar-refractivity contribution is 5.93. The summed E-state index contributed by atoms with van der Waals surface area (Å²) in [6.07, 6.45) is 1.89. The van der Waals surface area contributed by atoms with E-state index < -0.39 is 0 Å². The zero-order chi connectivity index (χ0) is 20.0. The van der Waals surface area contributed by atoms with Gasteiger partial charge in [0.2, 0.25) is 0 Å². The van der Waals surface area contributed by atoms with Crippen molar-refractivity contribution >= 4 is 16.9 Å². The SMILES string of the molecule is Cc1nc2ccc(-c3ccc4c(c3)CN(C(=O)c3cccn3C)CCO4)cc2[nH]1. The van der Waals surface area contributed by atoms with Crippen molar-refractivity contribution in [2.75, 3.05) is 13.2 Å². The van der Waals surface area contributed by atoms with Gasteiger partial charge in [-0.2, -0.15) is 0 Å². The van der Waals surface area contributed by atoms with Crippen LogP contribution in [0.15, 0.2) is 54.7 Å². The van der Waals surface area contributed by atoms with Crippen LogP contribution in [-0.4, -0.2) is 38.5 Å². The predicted molar refractivity (Wildman–Crippen MR) is 112 cm³/mol. The highest BCUT2D eigenvalue weighted by Crippen LogP contribution is 2.31. The average molecular weight is 386 g/mol. The molecule has 0 saturated carbocycles. The lowest BCUT2D eigenvalue weighted by Crippen LogP contribution is -2.33. The zero-order valence-corrected chi connectivity index (χ0v) is 16.5. The van der Waals surface area contributed by atoms with Crippen LogP contribution in [0.5, 0.6) is 5.75 Å². The summed E-state index contributed by atoms with van der Waals surface area (Å²) >= 11 is 0. The monoisotopic (exact) mass is 386 g/mol. The number of rotatable bonds is 2. The van der Waals surface area contributed by atoms with E-state index in [1.165, 1.54) is 0 Å². The summed E-state index contributed by atoms with van der Waals surface area (Å²) in [5.74, 6) is 1.77. The fraction of sp³-hybridized carbons (Fsp3) is 0.217. The molecule has 5 rings (SSSR count). The molecule has 2 aromatic heterocycles. The van der Waals surface area contributed by atoms with Gasteiger partial charge >= 0.3 is 0 Å². The molecule has 0 atom stereocenters. The van der Waals surface area contributed by atoms with Crippen molar-refractivity contribution < 1.29 is 9.53 Å². The molecule has 0 aliphatic carbocycles. The van der Waals surface area contributed by atoms with E-state index in [-0.39, 0.29) is 5.91 Å². The van der Waals surface area contributed by atoms with Crippen LogP contribution in [0, 0.1) is 6.92 Å². The fourth-order valence-corrected chi connectivity index (χ4v) is 3.91. The number of aromatic amines is 1. The number of aromatic nitrogens is 3.